The van der Waals surface area contributed by atoms with Gasteiger partial charge >= 0.3 is 0 Å². The van der Waals surface area contributed by atoms with Crippen LogP contribution < -0.4 is 15.6 Å². The van der Waals surface area contributed by atoms with Gasteiger partial charge in [-0.15, -0.1) is 0 Å². The fourth-order valence-electron chi connectivity index (χ4n) is 4.17. The predicted octanol–water partition coefficient (Wildman–Crippen LogP) is 4.52. The second kappa shape index (κ2) is 8.74. The Morgan fingerprint density at radius 2 is 1.79 bits per heavy atom. The van der Waals surface area contributed by atoms with Gasteiger partial charge in [0.25, 0.3) is 5.56 Å². The van der Waals surface area contributed by atoms with E-state index in [0.29, 0.717) is 12.3 Å². The van der Waals surface area contributed by atoms with Gasteiger partial charge in [-0.05, 0) is 72.0 Å². The summed E-state index contributed by atoms with van der Waals surface area (Å²) in [6.07, 6.45) is 2.26. The second-order valence-corrected chi connectivity index (χ2v) is 7.95. The number of aromatic nitrogens is 2. The molecule has 1 amide bonds. The molecule has 0 radical (unpaired) electrons. The third-order valence-electron chi connectivity index (χ3n) is 5.73. The maximum atomic E-state index is 12.6. The number of anilines is 1. The minimum Gasteiger partial charge on any atom is -0.494 e. The number of rotatable bonds is 6. The standard InChI is InChI=1S/C27H23N3O3/c1-2-33-22-10-7-18(8-11-22)25-15-27(32)30(17-28-25)16-26(31)29-21-9-12-24-20(14-21)13-19-5-3-4-6-23(19)24/h3-12,14-15,17H,2,13,16H2,1H3,(H,29,31). The van der Waals surface area contributed by atoms with Crippen LogP contribution in [0, 0.1) is 0 Å². The van der Waals surface area contributed by atoms with E-state index in [1.165, 1.54) is 39.2 Å². The molecule has 0 saturated heterocycles. The van der Waals surface area contributed by atoms with Crippen molar-refractivity contribution >= 4 is 11.6 Å². The molecule has 33 heavy (non-hydrogen) atoms. The lowest BCUT2D eigenvalue weighted by Gasteiger charge is -2.10. The number of benzene rings is 3. The molecule has 1 aliphatic rings. The van der Waals surface area contributed by atoms with Crippen molar-refractivity contribution in [2.24, 2.45) is 0 Å². The Morgan fingerprint density at radius 3 is 2.58 bits per heavy atom. The SMILES string of the molecule is CCOc1ccc(-c2cc(=O)n(CC(=O)Nc3ccc4c(c3)Cc3ccccc3-4)cn2)cc1. The molecule has 3 aromatic carbocycles. The molecule has 1 heterocycles. The Bertz CT molecular complexity index is 1390. The number of fused-ring (bicyclic) bond motifs is 3. The number of nitrogens with zero attached hydrogens (tertiary/aromatic N) is 2. The Morgan fingerprint density at radius 1 is 1.00 bits per heavy atom. The molecule has 6 nitrogen and oxygen atoms in total. The predicted molar refractivity (Wildman–Crippen MR) is 128 cm³/mol. The van der Waals surface area contributed by atoms with E-state index in [1.54, 1.807) is 0 Å². The summed E-state index contributed by atoms with van der Waals surface area (Å²) >= 11 is 0. The van der Waals surface area contributed by atoms with Crippen molar-refractivity contribution in [2.45, 2.75) is 19.9 Å². The Hall–Kier alpha value is -4.19. The lowest BCUT2D eigenvalue weighted by Crippen LogP contribution is -2.27. The molecule has 0 spiro atoms. The Kier molecular flexibility index (Phi) is 5.48. The highest BCUT2D eigenvalue weighted by molar-refractivity contribution is 5.91. The number of nitrogens with one attached hydrogen (secondary N) is 1. The molecule has 0 bridgehead atoms. The molecule has 0 aliphatic heterocycles. The first-order chi connectivity index (χ1) is 16.1. The van der Waals surface area contributed by atoms with Crippen LogP contribution in [0.15, 0.2) is 83.9 Å². The van der Waals surface area contributed by atoms with E-state index in [-0.39, 0.29) is 18.0 Å². The van der Waals surface area contributed by atoms with Crippen LogP contribution in [0.3, 0.4) is 0 Å². The number of carbonyl (C=O) groups excluding carboxylic acids is 1. The molecule has 0 unspecified atom stereocenters. The van der Waals surface area contributed by atoms with Gasteiger partial charge in [-0.1, -0.05) is 30.3 Å². The molecular formula is C27H23N3O3. The average molecular weight is 437 g/mol. The molecule has 0 saturated carbocycles. The molecule has 0 fully saturated rings. The van der Waals surface area contributed by atoms with Gasteiger partial charge in [-0.2, -0.15) is 0 Å². The van der Waals surface area contributed by atoms with Gasteiger partial charge in [-0.3, -0.25) is 14.2 Å². The van der Waals surface area contributed by atoms with E-state index in [9.17, 15) is 9.59 Å². The number of amides is 1. The van der Waals surface area contributed by atoms with Crippen LogP contribution in [0.1, 0.15) is 18.1 Å². The molecule has 1 aromatic heterocycles. The van der Waals surface area contributed by atoms with Crippen LogP contribution in [-0.4, -0.2) is 22.1 Å². The first-order valence-electron chi connectivity index (χ1n) is 10.9. The number of hydrogen-bond acceptors (Lipinski definition) is 4. The van der Waals surface area contributed by atoms with Gasteiger partial charge in [0.15, 0.2) is 0 Å². The fraction of sp³-hybridized carbons (Fsp3) is 0.148. The van der Waals surface area contributed by atoms with Crippen LogP contribution in [0.25, 0.3) is 22.4 Å². The zero-order valence-corrected chi connectivity index (χ0v) is 18.2. The lowest BCUT2D eigenvalue weighted by atomic mass is 10.1. The second-order valence-electron chi connectivity index (χ2n) is 7.95. The van der Waals surface area contributed by atoms with E-state index in [0.717, 1.165) is 23.4 Å². The quantitative estimate of drug-likeness (QED) is 0.424. The van der Waals surface area contributed by atoms with Crippen LogP contribution in [0.5, 0.6) is 5.75 Å². The molecule has 1 aliphatic carbocycles. The highest BCUT2D eigenvalue weighted by Crippen LogP contribution is 2.37. The van der Waals surface area contributed by atoms with Gasteiger partial charge < -0.3 is 10.1 Å². The maximum absolute atomic E-state index is 12.6. The van der Waals surface area contributed by atoms with Gasteiger partial charge in [-0.25, -0.2) is 4.98 Å². The van der Waals surface area contributed by atoms with Crippen molar-refractivity contribution in [3.05, 3.63) is 101 Å². The molecule has 0 atom stereocenters. The maximum Gasteiger partial charge on any atom is 0.254 e. The van der Waals surface area contributed by atoms with Crippen molar-refractivity contribution in [2.75, 3.05) is 11.9 Å². The third-order valence-corrected chi connectivity index (χ3v) is 5.73. The highest BCUT2D eigenvalue weighted by Gasteiger charge is 2.18. The van der Waals surface area contributed by atoms with Crippen LogP contribution in [-0.2, 0) is 17.8 Å². The summed E-state index contributed by atoms with van der Waals surface area (Å²) in [7, 11) is 0. The average Bonchev–Trinajstić information content (AvgIpc) is 3.19. The van der Waals surface area contributed by atoms with Crippen molar-refractivity contribution < 1.29 is 9.53 Å². The lowest BCUT2D eigenvalue weighted by molar-refractivity contribution is -0.116. The van der Waals surface area contributed by atoms with E-state index >= 15 is 0 Å². The fourth-order valence-corrected chi connectivity index (χ4v) is 4.17. The molecule has 6 heteroatoms. The van der Waals surface area contributed by atoms with Gasteiger partial charge in [0, 0.05) is 17.3 Å². The van der Waals surface area contributed by atoms with Crippen LogP contribution in [0.2, 0.25) is 0 Å². The summed E-state index contributed by atoms with van der Waals surface area (Å²) in [6.45, 7) is 2.41. The van der Waals surface area contributed by atoms with Crippen molar-refractivity contribution in [3.8, 4) is 28.1 Å². The molecular weight excluding hydrogens is 414 g/mol. The Balaban J connectivity index is 1.27. The monoisotopic (exact) mass is 437 g/mol. The number of hydrogen-bond donors (Lipinski definition) is 1. The van der Waals surface area contributed by atoms with E-state index in [1.807, 2.05) is 61.5 Å². The van der Waals surface area contributed by atoms with Crippen molar-refractivity contribution in [1.29, 1.82) is 0 Å². The molecule has 1 N–H and O–H groups in total. The molecule has 164 valence electrons. The summed E-state index contributed by atoms with van der Waals surface area (Å²) in [5.41, 5.74) is 6.73. The number of ether oxygens (including phenoxy) is 1. The smallest absolute Gasteiger partial charge is 0.254 e. The van der Waals surface area contributed by atoms with Crippen molar-refractivity contribution in [1.82, 2.24) is 9.55 Å². The molecule has 5 rings (SSSR count). The van der Waals surface area contributed by atoms with Crippen molar-refractivity contribution in [3.63, 3.8) is 0 Å². The summed E-state index contributed by atoms with van der Waals surface area (Å²) in [6, 6.07) is 23.1. The molecule has 4 aromatic rings. The Labute approximate surface area is 191 Å². The minimum atomic E-state index is -0.284. The summed E-state index contributed by atoms with van der Waals surface area (Å²) in [4.78, 5) is 29.5. The third kappa shape index (κ3) is 4.28. The normalized spacial score (nSPS) is 11.5. The van der Waals surface area contributed by atoms with Gasteiger partial charge in [0.2, 0.25) is 5.91 Å². The zero-order valence-electron chi connectivity index (χ0n) is 18.2. The van der Waals surface area contributed by atoms with Gasteiger partial charge in [0.1, 0.15) is 12.3 Å². The summed E-state index contributed by atoms with van der Waals surface area (Å²) in [5.74, 6) is 0.491. The van der Waals surface area contributed by atoms with Gasteiger partial charge in [0.05, 0.1) is 18.6 Å². The topological polar surface area (TPSA) is 73.2 Å². The summed E-state index contributed by atoms with van der Waals surface area (Å²) < 4.78 is 6.74. The van der Waals surface area contributed by atoms with Crippen LogP contribution in [0.4, 0.5) is 5.69 Å². The number of carbonyl (C=O) groups is 1. The zero-order chi connectivity index (χ0) is 22.8. The van der Waals surface area contributed by atoms with E-state index in [4.69, 9.17) is 4.74 Å². The van der Waals surface area contributed by atoms with Crippen LogP contribution >= 0.6 is 0 Å². The van der Waals surface area contributed by atoms with E-state index in [2.05, 4.69) is 22.4 Å². The highest BCUT2D eigenvalue weighted by atomic mass is 16.5. The first kappa shape index (κ1) is 20.7. The minimum absolute atomic E-state index is 0.104. The largest absolute Gasteiger partial charge is 0.494 e. The summed E-state index contributed by atoms with van der Waals surface area (Å²) in [5, 5.41) is 2.90. The van der Waals surface area contributed by atoms with E-state index < -0.39 is 0 Å². The first-order valence-corrected chi connectivity index (χ1v) is 10.9.